The van der Waals surface area contributed by atoms with Crippen molar-refractivity contribution in [3.8, 4) is 33.4 Å². The molecule has 0 saturated carbocycles. The van der Waals surface area contributed by atoms with Crippen LogP contribution in [0.5, 0.6) is 0 Å². The van der Waals surface area contributed by atoms with Gasteiger partial charge in [-0.3, -0.25) is 0 Å². The summed E-state index contributed by atoms with van der Waals surface area (Å²) in [5, 5.41) is 2.57. The fourth-order valence-electron chi connectivity index (χ4n) is 10.7. The SMILES string of the molecule is CC1(C)c2ccccc2-c2ccc(N(c3ccccc3-c3ccccc3)c3cccc4c3-c3ccccc3C43c4ccccc4Sc4ccc5ccccc5c43)cc21. The van der Waals surface area contributed by atoms with Gasteiger partial charge in [0.25, 0.3) is 0 Å². The van der Waals surface area contributed by atoms with E-state index in [9.17, 15) is 0 Å². The number of anilines is 3. The number of nitrogens with zero attached hydrogens (tertiary/aromatic N) is 1. The molecule has 0 amide bonds. The van der Waals surface area contributed by atoms with Gasteiger partial charge >= 0.3 is 0 Å². The molecule has 1 atom stereocenters. The first kappa shape index (κ1) is 33.5. The molecule has 0 radical (unpaired) electrons. The molecular formula is C56H39NS. The molecule has 0 aromatic heterocycles. The number of para-hydroxylation sites is 1. The van der Waals surface area contributed by atoms with E-state index in [2.05, 4.69) is 219 Å². The lowest BCUT2D eigenvalue weighted by atomic mass is 9.66. The average molecular weight is 758 g/mol. The predicted molar refractivity (Wildman–Crippen MR) is 243 cm³/mol. The van der Waals surface area contributed by atoms with Gasteiger partial charge in [-0.1, -0.05) is 189 Å². The van der Waals surface area contributed by atoms with E-state index in [1.165, 1.54) is 93.0 Å². The van der Waals surface area contributed by atoms with Gasteiger partial charge < -0.3 is 4.90 Å². The van der Waals surface area contributed by atoms with E-state index >= 15 is 0 Å². The smallest absolute Gasteiger partial charge is 0.0742 e. The van der Waals surface area contributed by atoms with E-state index in [1.54, 1.807) is 0 Å². The van der Waals surface area contributed by atoms with Crippen LogP contribution in [-0.2, 0) is 10.8 Å². The van der Waals surface area contributed by atoms with Gasteiger partial charge in [-0.15, -0.1) is 0 Å². The molecule has 1 unspecified atom stereocenters. The molecule has 1 aliphatic heterocycles. The maximum absolute atomic E-state index is 2.56. The Labute approximate surface area is 344 Å². The Balaban J connectivity index is 1.20. The van der Waals surface area contributed by atoms with Gasteiger partial charge in [0.15, 0.2) is 0 Å². The molecule has 0 N–H and O–H groups in total. The minimum absolute atomic E-state index is 0.143. The van der Waals surface area contributed by atoms with Crippen molar-refractivity contribution in [3.05, 3.63) is 234 Å². The summed E-state index contributed by atoms with van der Waals surface area (Å²) in [6.45, 7) is 4.76. The van der Waals surface area contributed by atoms with Crippen molar-refractivity contribution in [2.75, 3.05) is 4.90 Å². The second-order valence-electron chi connectivity index (χ2n) is 16.4. The molecule has 1 nitrogen and oxygen atoms in total. The van der Waals surface area contributed by atoms with Gasteiger partial charge in [0.05, 0.1) is 16.8 Å². The molecule has 1 spiro atoms. The van der Waals surface area contributed by atoms with E-state index in [4.69, 9.17) is 0 Å². The summed E-state index contributed by atoms with van der Waals surface area (Å²) in [7, 11) is 0. The first-order valence-electron chi connectivity index (χ1n) is 20.3. The molecule has 3 aliphatic rings. The lowest BCUT2D eigenvalue weighted by Crippen LogP contribution is -2.32. The molecule has 9 aromatic carbocycles. The first-order chi connectivity index (χ1) is 28.5. The third-order valence-electron chi connectivity index (χ3n) is 13.1. The normalized spacial score (nSPS) is 16.2. The van der Waals surface area contributed by atoms with Gasteiger partial charge in [-0.25, -0.2) is 0 Å². The van der Waals surface area contributed by atoms with Crippen LogP contribution in [0.2, 0.25) is 0 Å². The zero-order valence-corrected chi connectivity index (χ0v) is 33.2. The Bertz CT molecular complexity index is 3140. The molecule has 12 rings (SSSR count). The van der Waals surface area contributed by atoms with Gasteiger partial charge in [-0.05, 0) is 103 Å². The molecule has 0 bridgehead atoms. The highest BCUT2D eigenvalue weighted by atomic mass is 32.2. The minimum Gasteiger partial charge on any atom is -0.309 e. The third-order valence-corrected chi connectivity index (χ3v) is 14.3. The average Bonchev–Trinajstić information content (AvgIpc) is 3.70. The summed E-state index contributed by atoms with van der Waals surface area (Å²) in [5.74, 6) is 0. The Hall–Kier alpha value is -6.61. The lowest BCUT2D eigenvalue weighted by molar-refractivity contribution is 0.660. The summed E-state index contributed by atoms with van der Waals surface area (Å²) in [6.07, 6.45) is 0. The predicted octanol–water partition coefficient (Wildman–Crippen LogP) is 15.1. The van der Waals surface area contributed by atoms with E-state index in [0.29, 0.717) is 0 Å². The number of rotatable bonds is 4. The maximum Gasteiger partial charge on any atom is 0.0742 e. The Morgan fingerprint density at radius 3 is 1.91 bits per heavy atom. The molecule has 274 valence electrons. The van der Waals surface area contributed by atoms with E-state index in [0.717, 1.165) is 11.4 Å². The van der Waals surface area contributed by atoms with Crippen molar-refractivity contribution < 1.29 is 0 Å². The maximum atomic E-state index is 2.56. The molecule has 1 heterocycles. The number of benzene rings is 9. The zero-order valence-electron chi connectivity index (χ0n) is 32.4. The molecular weight excluding hydrogens is 719 g/mol. The van der Waals surface area contributed by atoms with E-state index in [-0.39, 0.29) is 5.41 Å². The van der Waals surface area contributed by atoms with Crippen molar-refractivity contribution in [2.45, 2.75) is 34.5 Å². The van der Waals surface area contributed by atoms with E-state index < -0.39 is 5.41 Å². The minimum atomic E-state index is -0.522. The molecule has 9 aromatic rings. The van der Waals surface area contributed by atoms with Crippen LogP contribution in [0.3, 0.4) is 0 Å². The fourth-order valence-corrected chi connectivity index (χ4v) is 11.9. The summed E-state index contributed by atoms with van der Waals surface area (Å²) in [4.78, 5) is 5.19. The quantitative estimate of drug-likeness (QED) is 0.176. The summed E-state index contributed by atoms with van der Waals surface area (Å²) >= 11 is 1.91. The number of hydrogen-bond acceptors (Lipinski definition) is 2. The van der Waals surface area contributed by atoms with Crippen LogP contribution in [0.4, 0.5) is 17.1 Å². The second-order valence-corrected chi connectivity index (χ2v) is 17.5. The molecule has 2 aliphatic carbocycles. The Morgan fingerprint density at radius 2 is 1.05 bits per heavy atom. The highest BCUT2D eigenvalue weighted by Crippen LogP contribution is 2.65. The molecule has 0 fully saturated rings. The van der Waals surface area contributed by atoms with E-state index in [1.807, 2.05) is 11.8 Å². The highest BCUT2D eigenvalue weighted by Gasteiger charge is 2.52. The third kappa shape index (κ3) is 4.50. The number of fused-ring (bicyclic) bond motifs is 14. The van der Waals surface area contributed by atoms with Crippen molar-refractivity contribution in [1.82, 2.24) is 0 Å². The van der Waals surface area contributed by atoms with Crippen LogP contribution in [0.25, 0.3) is 44.2 Å². The van der Waals surface area contributed by atoms with Crippen molar-refractivity contribution >= 4 is 39.6 Å². The summed E-state index contributed by atoms with van der Waals surface area (Å²) < 4.78 is 0. The Morgan fingerprint density at radius 1 is 0.414 bits per heavy atom. The summed E-state index contributed by atoms with van der Waals surface area (Å²) in [6, 6.07) is 75.0. The second kappa shape index (κ2) is 12.4. The van der Waals surface area contributed by atoms with Gasteiger partial charge in [0.1, 0.15) is 0 Å². The largest absolute Gasteiger partial charge is 0.309 e. The fraction of sp³-hybridized carbons (Fsp3) is 0.0714. The van der Waals surface area contributed by atoms with Crippen LogP contribution in [0.15, 0.2) is 210 Å². The van der Waals surface area contributed by atoms with Crippen molar-refractivity contribution in [2.24, 2.45) is 0 Å². The van der Waals surface area contributed by atoms with Gasteiger partial charge in [-0.2, -0.15) is 0 Å². The first-order valence-corrected chi connectivity index (χ1v) is 21.1. The van der Waals surface area contributed by atoms with Crippen LogP contribution >= 0.6 is 11.8 Å². The van der Waals surface area contributed by atoms with Crippen LogP contribution in [-0.4, -0.2) is 0 Å². The number of hydrogen-bond donors (Lipinski definition) is 0. The highest BCUT2D eigenvalue weighted by molar-refractivity contribution is 7.99. The van der Waals surface area contributed by atoms with Crippen molar-refractivity contribution in [3.63, 3.8) is 0 Å². The molecule has 0 saturated heterocycles. The van der Waals surface area contributed by atoms with Crippen LogP contribution in [0.1, 0.15) is 47.2 Å². The van der Waals surface area contributed by atoms with Crippen molar-refractivity contribution in [1.29, 1.82) is 0 Å². The molecule has 58 heavy (non-hydrogen) atoms. The van der Waals surface area contributed by atoms with Gasteiger partial charge in [0.2, 0.25) is 0 Å². The van der Waals surface area contributed by atoms with Crippen LogP contribution < -0.4 is 4.90 Å². The lowest BCUT2D eigenvalue weighted by Gasteiger charge is -2.40. The summed E-state index contributed by atoms with van der Waals surface area (Å²) in [5.41, 5.74) is 18.6. The standard InChI is InChI=1S/C56H39NS/c1-55(2)44-24-11-8-22-41(44)42-33-32-38(35-48(42)55)57(49-28-14-10-20-39(49)36-17-4-3-5-18-36)50-29-16-27-47-53(50)43-23-9-12-25-45(43)56(47)46-26-13-15-30-51(46)58-52-34-31-37-19-6-7-21-40(37)54(52)56/h3-35H,1-2H3. The van der Waals surface area contributed by atoms with Gasteiger partial charge in [0, 0.05) is 32.0 Å². The zero-order chi connectivity index (χ0) is 38.6. The molecule has 2 heteroatoms. The monoisotopic (exact) mass is 757 g/mol. The Kier molecular flexibility index (Phi) is 7.19. The topological polar surface area (TPSA) is 3.24 Å². The van der Waals surface area contributed by atoms with Crippen LogP contribution in [0, 0.1) is 0 Å².